The number of thioether (sulfide) groups is 1. The van der Waals surface area contributed by atoms with Gasteiger partial charge in [-0.1, -0.05) is 41.6 Å². The number of carbonyl (C=O) groups is 1. The quantitative estimate of drug-likeness (QED) is 0.257. The first-order valence-corrected chi connectivity index (χ1v) is 12.5. The Kier molecular flexibility index (Phi) is 7.41. The number of hydrogen-bond acceptors (Lipinski definition) is 5. The topological polar surface area (TPSA) is 64.4 Å². The van der Waals surface area contributed by atoms with Crippen LogP contribution < -0.4 is 10.5 Å². The molecule has 0 bridgehead atoms. The maximum absolute atomic E-state index is 13.5. The smallest absolute Gasteiger partial charge is 0.262 e. The van der Waals surface area contributed by atoms with E-state index in [-0.39, 0.29) is 17.5 Å². The molecule has 2 heterocycles. The molecule has 2 unspecified atom stereocenters. The van der Waals surface area contributed by atoms with Crippen LogP contribution in [-0.2, 0) is 22.5 Å². The molecule has 2 atom stereocenters. The Morgan fingerprint density at radius 2 is 2.09 bits per heavy atom. The van der Waals surface area contributed by atoms with Crippen molar-refractivity contribution in [3.8, 4) is 0 Å². The van der Waals surface area contributed by atoms with Crippen molar-refractivity contribution in [2.75, 3.05) is 18.1 Å². The van der Waals surface area contributed by atoms with Gasteiger partial charge in [0, 0.05) is 36.5 Å². The number of halogens is 1. The molecule has 8 heteroatoms. The number of rotatable bonds is 8. The summed E-state index contributed by atoms with van der Waals surface area (Å²) in [5, 5.41) is 1.14. The maximum atomic E-state index is 13.5. The predicted molar refractivity (Wildman–Crippen MR) is 135 cm³/mol. The molecule has 2 aromatic carbocycles. The average molecular weight is 486 g/mol. The van der Waals surface area contributed by atoms with Gasteiger partial charge in [0.05, 0.1) is 16.2 Å². The van der Waals surface area contributed by atoms with Crippen molar-refractivity contribution >= 4 is 45.9 Å². The highest BCUT2D eigenvalue weighted by Crippen LogP contribution is 2.34. The highest BCUT2D eigenvalue weighted by atomic mass is 35.5. The number of aromatic nitrogens is 2. The zero-order valence-electron chi connectivity index (χ0n) is 19.1. The van der Waals surface area contributed by atoms with Gasteiger partial charge in [-0.05, 0) is 63.4 Å². The van der Waals surface area contributed by atoms with E-state index in [2.05, 4.69) is 13.0 Å². The molecule has 0 aliphatic carbocycles. The standard InChI is InChI=1S/C25H28ClN3O3S/c1-4-32-13-7-12-28-24(31)20-11-10-19(26)15-21(20)27-25(28)33-17(3)23(30)29-16(2)14-18-8-5-6-9-22(18)29/h5-6,8-11,15-17H,4,7,12-14H2,1-3H3. The van der Waals surface area contributed by atoms with Crippen LogP contribution in [-0.4, -0.2) is 40.0 Å². The summed E-state index contributed by atoms with van der Waals surface area (Å²) in [6, 6.07) is 13.2. The van der Waals surface area contributed by atoms with Crippen LogP contribution in [0.3, 0.4) is 0 Å². The second-order valence-corrected chi connectivity index (χ2v) is 9.96. The molecule has 0 spiro atoms. The van der Waals surface area contributed by atoms with Crippen LogP contribution in [0.4, 0.5) is 5.69 Å². The fraction of sp³-hybridized carbons (Fsp3) is 0.400. The van der Waals surface area contributed by atoms with Crippen LogP contribution in [0.25, 0.3) is 10.9 Å². The summed E-state index contributed by atoms with van der Waals surface area (Å²) < 4.78 is 7.11. The van der Waals surface area contributed by atoms with Gasteiger partial charge in [0.1, 0.15) is 0 Å². The van der Waals surface area contributed by atoms with Gasteiger partial charge in [-0.25, -0.2) is 4.98 Å². The Morgan fingerprint density at radius 1 is 1.30 bits per heavy atom. The number of nitrogens with zero attached hydrogens (tertiary/aromatic N) is 3. The molecule has 33 heavy (non-hydrogen) atoms. The van der Waals surface area contributed by atoms with E-state index in [1.165, 1.54) is 17.3 Å². The van der Waals surface area contributed by atoms with Gasteiger partial charge >= 0.3 is 0 Å². The van der Waals surface area contributed by atoms with Crippen molar-refractivity contribution in [3.05, 3.63) is 63.4 Å². The summed E-state index contributed by atoms with van der Waals surface area (Å²) in [6.45, 7) is 7.54. The molecule has 4 rings (SSSR count). The molecule has 1 aromatic heterocycles. The van der Waals surface area contributed by atoms with Crippen molar-refractivity contribution in [2.24, 2.45) is 0 Å². The van der Waals surface area contributed by atoms with Crippen LogP contribution in [0.1, 0.15) is 32.8 Å². The molecule has 174 valence electrons. The van der Waals surface area contributed by atoms with Crippen LogP contribution >= 0.6 is 23.4 Å². The zero-order valence-corrected chi connectivity index (χ0v) is 20.7. The molecule has 3 aromatic rings. The lowest BCUT2D eigenvalue weighted by molar-refractivity contribution is -0.118. The number of ether oxygens (including phenoxy) is 1. The van der Waals surface area contributed by atoms with Crippen molar-refractivity contribution in [1.82, 2.24) is 9.55 Å². The number of para-hydroxylation sites is 1. The second kappa shape index (κ2) is 10.3. The Hall–Kier alpha value is -2.35. The van der Waals surface area contributed by atoms with E-state index in [4.69, 9.17) is 21.3 Å². The molecule has 1 amide bonds. The van der Waals surface area contributed by atoms with E-state index < -0.39 is 5.25 Å². The Bertz CT molecular complexity index is 1230. The predicted octanol–water partition coefficient (Wildman–Crippen LogP) is 4.93. The number of amides is 1. The van der Waals surface area contributed by atoms with Crippen LogP contribution in [0.15, 0.2) is 52.4 Å². The van der Waals surface area contributed by atoms with Gasteiger partial charge in [0.15, 0.2) is 5.16 Å². The third-order valence-electron chi connectivity index (χ3n) is 5.83. The van der Waals surface area contributed by atoms with Gasteiger partial charge < -0.3 is 9.64 Å². The van der Waals surface area contributed by atoms with Gasteiger partial charge in [-0.15, -0.1) is 0 Å². The summed E-state index contributed by atoms with van der Waals surface area (Å²) in [5.74, 6) is 0.0127. The number of carbonyl (C=O) groups excluding carboxylic acids is 1. The highest BCUT2D eigenvalue weighted by Gasteiger charge is 2.34. The van der Waals surface area contributed by atoms with Crippen molar-refractivity contribution in [3.63, 3.8) is 0 Å². The summed E-state index contributed by atoms with van der Waals surface area (Å²) in [7, 11) is 0. The molecular weight excluding hydrogens is 458 g/mol. The van der Waals surface area contributed by atoms with Crippen molar-refractivity contribution in [2.45, 2.75) is 56.6 Å². The third-order valence-corrected chi connectivity index (χ3v) is 7.14. The summed E-state index contributed by atoms with van der Waals surface area (Å²) in [6.07, 6.45) is 1.52. The molecule has 1 aliphatic heterocycles. The van der Waals surface area contributed by atoms with Crippen LogP contribution in [0.5, 0.6) is 0 Å². The normalized spacial score (nSPS) is 16.2. The Labute approximate surface area is 202 Å². The second-order valence-electron chi connectivity index (χ2n) is 8.21. The minimum Gasteiger partial charge on any atom is -0.382 e. The lowest BCUT2D eigenvalue weighted by Crippen LogP contribution is -2.40. The highest BCUT2D eigenvalue weighted by molar-refractivity contribution is 8.00. The molecule has 0 saturated heterocycles. The molecular formula is C25H28ClN3O3S. The lowest BCUT2D eigenvalue weighted by Gasteiger charge is -2.26. The summed E-state index contributed by atoms with van der Waals surface area (Å²) in [5.41, 5.74) is 2.56. The van der Waals surface area contributed by atoms with Gasteiger partial charge in [0.2, 0.25) is 5.91 Å². The lowest BCUT2D eigenvalue weighted by atomic mass is 10.1. The first-order chi connectivity index (χ1) is 15.9. The largest absolute Gasteiger partial charge is 0.382 e. The monoisotopic (exact) mass is 485 g/mol. The molecule has 1 aliphatic rings. The first-order valence-electron chi connectivity index (χ1n) is 11.3. The SMILES string of the molecule is CCOCCCn1c(SC(C)C(=O)N2c3ccccc3CC2C)nc2cc(Cl)ccc2c1=O. The summed E-state index contributed by atoms with van der Waals surface area (Å²) in [4.78, 5) is 33.4. The summed E-state index contributed by atoms with van der Waals surface area (Å²) >= 11 is 7.47. The minimum atomic E-state index is -0.416. The van der Waals surface area contributed by atoms with Gasteiger partial charge in [-0.2, -0.15) is 0 Å². The third kappa shape index (κ3) is 4.95. The van der Waals surface area contributed by atoms with Crippen molar-refractivity contribution in [1.29, 1.82) is 0 Å². The number of benzene rings is 2. The molecule has 6 nitrogen and oxygen atoms in total. The molecule has 0 saturated carbocycles. The maximum Gasteiger partial charge on any atom is 0.262 e. The molecule has 0 N–H and O–H groups in total. The van der Waals surface area contributed by atoms with Gasteiger partial charge in [0.25, 0.3) is 5.56 Å². The van der Waals surface area contributed by atoms with Gasteiger partial charge in [-0.3, -0.25) is 14.2 Å². The number of anilines is 1. The Morgan fingerprint density at radius 3 is 2.88 bits per heavy atom. The fourth-order valence-corrected chi connectivity index (χ4v) is 5.39. The fourth-order valence-electron chi connectivity index (χ4n) is 4.24. The van der Waals surface area contributed by atoms with E-state index in [1.807, 2.05) is 36.9 Å². The Balaban J connectivity index is 1.65. The van der Waals surface area contributed by atoms with E-state index in [0.717, 1.165) is 12.1 Å². The average Bonchev–Trinajstić information content (AvgIpc) is 3.13. The minimum absolute atomic E-state index is 0.0127. The number of fused-ring (bicyclic) bond motifs is 2. The van der Waals surface area contributed by atoms with E-state index in [1.54, 1.807) is 22.8 Å². The number of hydrogen-bond donors (Lipinski definition) is 0. The molecule has 0 fully saturated rings. The first kappa shape index (κ1) is 23.8. The van der Waals surface area contributed by atoms with Crippen molar-refractivity contribution < 1.29 is 9.53 Å². The van der Waals surface area contributed by atoms with Crippen LogP contribution in [0, 0.1) is 0 Å². The van der Waals surface area contributed by atoms with Crippen LogP contribution in [0.2, 0.25) is 5.02 Å². The zero-order chi connectivity index (χ0) is 23.5. The van der Waals surface area contributed by atoms with E-state index in [0.29, 0.717) is 47.3 Å². The van der Waals surface area contributed by atoms with E-state index >= 15 is 0 Å². The van der Waals surface area contributed by atoms with E-state index in [9.17, 15) is 9.59 Å². The molecule has 0 radical (unpaired) electrons.